The molecule has 1 saturated carbocycles. The first-order valence-electron chi connectivity index (χ1n) is 14.8. The number of aromatic nitrogens is 4. The molecule has 3 heterocycles. The number of carbonyl (C=O) groups is 3. The first-order valence-corrected chi connectivity index (χ1v) is 14.8. The second kappa shape index (κ2) is 10.1. The highest BCUT2D eigenvalue weighted by Crippen LogP contribution is 2.67. The van der Waals surface area contributed by atoms with E-state index in [1.807, 2.05) is 44.4 Å². The minimum absolute atomic E-state index is 0.272. The van der Waals surface area contributed by atoms with Crippen LogP contribution < -0.4 is 15.0 Å². The second-order valence-corrected chi connectivity index (χ2v) is 13.7. The molecule has 1 fully saturated rings. The van der Waals surface area contributed by atoms with Gasteiger partial charge in [0.05, 0.1) is 35.1 Å². The predicted molar refractivity (Wildman–Crippen MR) is 168 cm³/mol. The molecule has 4 aromatic rings. The average molecular weight is 615 g/mol. The number of anilines is 3. The fourth-order valence-electron chi connectivity index (χ4n) is 6.04. The highest BCUT2D eigenvalue weighted by atomic mass is 16.6. The lowest BCUT2D eigenvalue weighted by Gasteiger charge is -2.24. The number of carbonyl (C=O) groups excluding carboxylic acids is 3. The molecule has 0 saturated heterocycles. The van der Waals surface area contributed by atoms with Crippen molar-refractivity contribution in [2.75, 3.05) is 17.3 Å². The second-order valence-electron chi connectivity index (χ2n) is 13.7. The van der Waals surface area contributed by atoms with Gasteiger partial charge in [-0.05, 0) is 96.3 Å². The summed E-state index contributed by atoms with van der Waals surface area (Å²) in [6.07, 6.45) is 0.955. The monoisotopic (exact) mass is 614 g/mol. The lowest BCUT2D eigenvalue weighted by Crippen LogP contribution is -2.41. The first kappa shape index (κ1) is 30.2. The number of rotatable bonds is 4. The third-order valence-electron chi connectivity index (χ3n) is 7.99. The third kappa shape index (κ3) is 5.17. The van der Waals surface area contributed by atoms with Crippen molar-refractivity contribution in [2.24, 2.45) is 7.05 Å². The number of ether oxygens (including phenoxy) is 3. The van der Waals surface area contributed by atoms with E-state index in [9.17, 15) is 14.4 Å². The summed E-state index contributed by atoms with van der Waals surface area (Å²) in [5.41, 5.74) is 1.55. The number of aryl methyl sites for hydroxylation is 2. The number of nitrogens with one attached hydrogen (secondary N) is 1. The number of fused-ring (bicyclic) bond motifs is 3. The van der Waals surface area contributed by atoms with Crippen LogP contribution in [-0.2, 0) is 26.7 Å². The van der Waals surface area contributed by atoms with Gasteiger partial charge in [-0.25, -0.2) is 14.5 Å². The van der Waals surface area contributed by atoms with Gasteiger partial charge in [-0.2, -0.15) is 9.78 Å². The molecule has 45 heavy (non-hydrogen) atoms. The Morgan fingerprint density at radius 1 is 0.978 bits per heavy atom. The van der Waals surface area contributed by atoms with Crippen molar-refractivity contribution < 1.29 is 28.6 Å². The van der Waals surface area contributed by atoms with Gasteiger partial charge in [-0.15, -0.1) is 5.10 Å². The van der Waals surface area contributed by atoms with Crippen LogP contribution in [0.3, 0.4) is 0 Å². The average Bonchev–Trinajstić information content (AvgIpc) is 3.37. The van der Waals surface area contributed by atoms with Gasteiger partial charge in [0.15, 0.2) is 5.82 Å². The number of imide groups is 1. The number of nitrogens with zero attached hydrogens (tertiary/aromatic N) is 5. The summed E-state index contributed by atoms with van der Waals surface area (Å²) in [7, 11) is 3.39. The fourth-order valence-corrected chi connectivity index (χ4v) is 6.04. The van der Waals surface area contributed by atoms with Crippen LogP contribution in [0.25, 0.3) is 10.9 Å². The van der Waals surface area contributed by atoms with Crippen LogP contribution in [0.1, 0.15) is 70.7 Å². The molecule has 2 aromatic heterocycles. The van der Waals surface area contributed by atoms with Crippen molar-refractivity contribution in [1.82, 2.24) is 19.6 Å². The summed E-state index contributed by atoms with van der Waals surface area (Å²) in [5.74, 6) is 0.427. The summed E-state index contributed by atoms with van der Waals surface area (Å²) in [6.45, 7) is 12.5. The molecule has 1 aliphatic heterocycles. The third-order valence-corrected chi connectivity index (χ3v) is 7.99. The van der Waals surface area contributed by atoms with Crippen LogP contribution >= 0.6 is 0 Å². The Morgan fingerprint density at radius 2 is 1.67 bits per heavy atom. The molecular formula is C33H38N6O6. The van der Waals surface area contributed by atoms with E-state index in [4.69, 9.17) is 14.2 Å². The molecule has 6 rings (SSSR count). The molecule has 0 radical (unpaired) electrons. The topological polar surface area (TPSA) is 130 Å². The van der Waals surface area contributed by atoms with E-state index in [0.29, 0.717) is 40.1 Å². The highest BCUT2D eigenvalue weighted by molar-refractivity contribution is 6.23. The summed E-state index contributed by atoms with van der Waals surface area (Å²) in [5, 5.41) is 13.0. The van der Waals surface area contributed by atoms with E-state index in [2.05, 4.69) is 15.5 Å². The van der Waals surface area contributed by atoms with Gasteiger partial charge in [0.25, 0.3) is 0 Å². The number of hydrogen-bond donors (Lipinski definition) is 1. The quantitative estimate of drug-likeness (QED) is 0.281. The van der Waals surface area contributed by atoms with E-state index in [1.165, 1.54) is 4.68 Å². The van der Waals surface area contributed by atoms with Gasteiger partial charge in [-0.3, -0.25) is 9.48 Å². The number of methoxy groups -OCH3 is 1. The van der Waals surface area contributed by atoms with Gasteiger partial charge in [0.2, 0.25) is 5.91 Å². The van der Waals surface area contributed by atoms with Crippen molar-refractivity contribution in [3.8, 4) is 5.75 Å². The van der Waals surface area contributed by atoms with E-state index in [0.717, 1.165) is 21.8 Å². The highest BCUT2D eigenvalue weighted by Gasteiger charge is 2.68. The normalized spacial score (nSPS) is 19.2. The Kier molecular flexibility index (Phi) is 6.76. The van der Waals surface area contributed by atoms with Crippen molar-refractivity contribution in [2.45, 2.75) is 77.4 Å². The Hall–Kier alpha value is -4.87. The molecule has 236 valence electrons. The maximum atomic E-state index is 14.2. The minimum atomic E-state index is -0.987. The first-order chi connectivity index (χ1) is 21.0. The molecule has 1 aliphatic carbocycles. The zero-order valence-electron chi connectivity index (χ0n) is 27.0. The lowest BCUT2D eigenvalue weighted by atomic mass is 9.91. The predicted octanol–water partition coefficient (Wildman–Crippen LogP) is 6.32. The number of benzene rings is 2. The van der Waals surface area contributed by atoms with Crippen molar-refractivity contribution >= 4 is 46.2 Å². The molecular weight excluding hydrogens is 576 g/mol. The molecule has 1 spiro atoms. The number of hydrogen-bond acceptors (Lipinski definition) is 9. The zero-order valence-corrected chi connectivity index (χ0v) is 27.0. The Labute approximate surface area is 261 Å². The van der Waals surface area contributed by atoms with E-state index < -0.39 is 28.8 Å². The summed E-state index contributed by atoms with van der Waals surface area (Å²) >= 11 is 0. The molecule has 1 N–H and O–H groups in total. The standard InChI is InChI=1S/C33H38N6O6/c1-18-24(17-37(8)35-18)34-27-21-12-10-19(14-26(21)39(36-27)30(42)45-32(5,6)7)23-16-33(23)22-15-20(43-9)11-13-25(22)38(28(33)40)29(41)44-31(2,3)4/h10-15,17,23H,16H2,1-9H3,(H,34,36)/t23-,33-/m0/s1. The molecule has 2 aliphatic rings. The number of amides is 2. The van der Waals surface area contributed by atoms with Gasteiger partial charge >= 0.3 is 12.2 Å². The Bertz CT molecular complexity index is 1880. The molecule has 12 heteroatoms. The molecule has 2 amide bonds. The summed E-state index contributed by atoms with van der Waals surface area (Å²) in [6, 6.07) is 11.0. The molecule has 2 atom stereocenters. The van der Waals surface area contributed by atoms with Crippen molar-refractivity contribution in [3.05, 3.63) is 59.4 Å². The van der Waals surface area contributed by atoms with Gasteiger partial charge in [0.1, 0.15) is 17.0 Å². The maximum Gasteiger partial charge on any atom is 0.435 e. The van der Waals surface area contributed by atoms with Crippen LogP contribution in [0.2, 0.25) is 0 Å². The Morgan fingerprint density at radius 3 is 2.29 bits per heavy atom. The smallest absolute Gasteiger partial charge is 0.435 e. The molecule has 12 nitrogen and oxygen atoms in total. The van der Waals surface area contributed by atoms with E-state index in [1.54, 1.807) is 65.5 Å². The molecule has 2 aromatic carbocycles. The summed E-state index contributed by atoms with van der Waals surface area (Å²) < 4.78 is 19.8. The zero-order chi connectivity index (χ0) is 32.6. The minimum Gasteiger partial charge on any atom is -0.497 e. The molecule has 0 bridgehead atoms. The van der Waals surface area contributed by atoms with Crippen molar-refractivity contribution in [3.63, 3.8) is 0 Å². The van der Waals surface area contributed by atoms with Gasteiger partial charge in [0, 0.05) is 24.5 Å². The largest absolute Gasteiger partial charge is 0.497 e. The summed E-state index contributed by atoms with van der Waals surface area (Å²) in [4.78, 5) is 42.0. The van der Waals surface area contributed by atoms with Crippen molar-refractivity contribution in [1.29, 1.82) is 0 Å². The van der Waals surface area contributed by atoms with Crippen LogP contribution in [0, 0.1) is 6.92 Å². The SMILES string of the molecule is COc1ccc2c(c1)[C@]1(C[C@H]1c1ccc3c(Nc4cn(C)nc4C)nn(C(=O)OC(C)(C)C)c3c1)C(=O)N2C(=O)OC(C)(C)C. The van der Waals surface area contributed by atoms with Crippen LogP contribution in [-0.4, -0.2) is 56.0 Å². The van der Waals surface area contributed by atoms with E-state index >= 15 is 0 Å². The van der Waals surface area contributed by atoms with Crippen LogP contribution in [0.15, 0.2) is 42.6 Å². The maximum absolute atomic E-state index is 14.2. The molecule has 0 unspecified atom stereocenters. The van der Waals surface area contributed by atoms with Gasteiger partial charge in [-0.1, -0.05) is 6.07 Å². The lowest BCUT2D eigenvalue weighted by molar-refractivity contribution is -0.120. The van der Waals surface area contributed by atoms with Crippen LogP contribution in [0.4, 0.5) is 26.8 Å². The van der Waals surface area contributed by atoms with Gasteiger partial charge < -0.3 is 19.5 Å². The van der Waals surface area contributed by atoms with E-state index in [-0.39, 0.29) is 11.8 Å². The fraction of sp³-hybridized carbons (Fsp3) is 0.424. The van der Waals surface area contributed by atoms with Crippen LogP contribution in [0.5, 0.6) is 5.75 Å². The Balaban J connectivity index is 1.43.